The molecule has 0 saturated carbocycles. The minimum Gasteiger partial charge on any atom is -0.369 e. The predicted molar refractivity (Wildman–Crippen MR) is 205 cm³/mol. The third-order valence-electron chi connectivity index (χ3n) is 9.96. The van der Waals surface area contributed by atoms with Crippen LogP contribution in [0.15, 0.2) is 158 Å². The number of aromatic nitrogens is 1. The summed E-state index contributed by atoms with van der Waals surface area (Å²) < 4.78 is 2.12. The molecule has 9 rings (SSSR count). The average Bonchev–Trinajstić information content (AvgIpc) is 3.67. The van der Waals surface area contributed by atoms with Gasteiger partial charge in [0.1, 0.15) is 0 Å². The molecule has 0 aliphatic carbocycles. The smallest absolute Gasteiger partial charge is 0.263 e. The minimum atomic E-state index is -1.18. The molecule has 0 radical (unpaired) electrons. The highest BCUT2D eigenvalue weighted by atomic mass is 16.3. The van der Waals surface area contributed by atoms with Gasteiger partial charge < -0.3 is 9.67 Å². The van der Waals surface area contributed by atoms with Gasteiger partial charge in [-0.25, -0.2) is 0 Å². The van der Waals surface area contributed by atoms with Crippen molar-refractivity contribution < 1.29 is 9.90 Å². The molecule has 6 heteroatoms. The molecule has 8 aromatic rings. The highest BCUT2D eigenvalue weighted by Gasteiger charge is 2.39. The fourth-order valence-corrected chi connectivity index (χ4v) is 7.40. The predicted octanol–water partition coefficient (Wildman–Crippen LogP) is 10.2. The van der Waals surface area contributed by atoms with Crippen molar-refractivity contribution in [1.29, 1.82) is 10.5 Å². The molecule has 1 unspecified atom stereocenters. The zero-order valence-electron chi connectivity index (χ0n) is 27.7. The number of amides is 1. The lowest BCUT2D eigenvalue weighted by atomic mass is 10.0. The van der Waals surface area contributed by atoms with E-state index in [1.165, 1.54) is 4.90 Å². The topological polar surface area (TPSA) is 93.0 Å². The molecule has 7 aromatic carbocycles. The zero-order valence-corrected chi connectivity index (χ0v) is 27.7. The van der Waals surface area contributed by atoms with Crippen LogP contribution in [0.4, 0.5) is 5.69 Å². The van der Waals surface area contributed by atoms with Crippen molar-refractivity contribution in [3.05, 3.63) is 180 Å². The molecule has 1 atom stereocenters. The summed E-state index contributed by atoms with van der Waals surface area (Å²) in [6, 6.07) is 55.3. The van der Waals surface area contributed by atoms with E-state index < -0.39 is 6.23 Å². The van der Waals surface area contributed by atoms with Crippen LogP contribution in [0.3, 0.4) is 0 Å². The number of nitriles is 2. The van der Waals surface area contributed by atoms with Gasteiger partial charge in [-0.1, -0.05) is 103 Å². The molecule has 0 saturated heterocycles. The Kier molecular flexibility index (Phi) is 7.26. The Morgan fingerprint density at radius 2 is 1.02 bits per heavy atom. The molecular weight excluding hydrogens is 641 g/mol. The third kappa shape index (κ3) is 4.95. The van der Waals surface area contributed by atoms with Gasteiger partial charge in [-0.2, -0.15) is 10.5 Å². The van der Waals surface area contributed by atoms with Crippen LogP contribution in [-0.4, -0.2) is 15.6 Å². The van der Waals surface area contributed by atoms with Crippen molar-refractivity contribution in [2.45, 2.75) is 6.23 Å². The normalized spacial score (nSPS) is 13.6. The van der Waals surface area contributed by atoms with Crippen LogP contribution >= 0.6 is 0 Å². The Labute approximate surface area is 299 Å². The first-order valence-electron chi connectivity index (χ1n) is 16.9. The summed E-state index contributed by atoms with van der Waals surface area (Å²) in [5.74, 6) is -0.287. The maximum Gasteiger partial charge on any atom is 0.263 e. The number of aliphatic hydroxyl groups is 1. The number of hydrogen-bond donors (Lipinski definition) is 1. The summed E-state index contributed by atoms with van der Waals surface area (Å²) in [5, 5.41) is 32.6. The summed E-state index contributed by atoms with van der Waals surface area (Å²) in [6.07, 6.45) is -1.18. The van der Waals surface area contributed by atoms with Gasteiger partial charge in [0, 0.05) is 22.0 Å². The molecule has 1 aliphatic rings. The van der Waals surface area contributed by atoms with E-state index in [1.54, 1.807) is 0 Å². The van der Waals surface area contributed by atoms with Crippen LogP contribution in [0.2, 0.25) is 0 Å². The Hall–Kier alpha value is -7.25. The second kappa shape index (κ2) is 12.3. The number of fused-ring (bicyclic) bond motifs is 4. The number of carbonyl (C=O) groups is 1. The van der Waals surface area contributed by atoms with E-state index in [4.69, 9.17) is 0 Å². The monoisotopic (exact) mass is 668 g/mol. The van der Waals surface area contributed by atoms with Crippen LogP contribution < -0.4 is 4.90 Å². The van der Waals surface area contributed by atoms with Crippen molar-refractivity contribution >= 4 is 33.4 Å². The molecule has 6 nitrogen and oxygen atoms in total. The van der Waals surface area contributed by atoms with E-state index in [0.717, 1.165) is 55.2 Å². The molecule has 0 bridgehead atoms. The third-order valence-corrected chi connectivity index (χ3v) is 9.96. The standard InChI is InChI=1S/C46H28N4O2/c47-27-29-12-16-32(17-13-29)35-20-22-38-39-23-21-36(33-18-14-30(28-48)15-19-33)26-43(39)50(42(38)25-35)41-11-5-10-40-44(41)46(52)49(45(40)51)37-9-4-8-34(24-37)31-6-2-1-3-7-31/h1-26,45,51H. The van der Waals surface area contributed by atoms with Crippen molar-refractivity contribution in [2.24, 2.45) is 0 Å². The van der Waals surface area contributed by atoms with E-state index >= 15 is 0 Å². The molecule has 52 heavy (non-hydrogen) atoms. The summed E-state index contributed by atoms with van der Waals surface area (Å²) in [5.41, 5.74) is 11.0. The lowest BCUT2D eigenvalue weighted by Gasteiger charge is -2.21. The van der Waals surface area contributed by atoms with Crippen LogP contribution in [0.1, 0.15) is 33.3 Å². The van der Waals surface area contributed by atoms with Crippen molar-refractivity contribution in [3.8, 4) is 51.2 Å². The van der Waals surface area contributed by atoms with E-state index in [2.05, 4.69) is 53.1 Å². The van der Waals surface area contributed by atoms with E-state index in [0.29, 0.717) is 33.6 Å². The van der Waals surface area contributed by atoms with Crippen LogP contribution in [0.5, 0.6) is 0 Å². The summed E-state index contributed by atoms with van der Waals surface area (Å²) in [7, 11) is 0. The molecule has 0 fully saturated rings. The lowest BCUT2D eigenvalue weighted by molar-refractivity contribution is 0.0935. The van der Waals surface area contributed by atoms with Crippen molar-refractivity contribution in [2.75, 3.05) is 4.90 Å². The van der Waals surface area contributed by atoms with Gasteiger partial charge in [-0.3, -0.25) is 9.69 Å². The molecule has 1 N–H and O–H groups in total. The number of carbonyl (C=O) groups excluding carboxylic acids is 1. The Morgan fingerprint density at radius 3 is 1.60 bits per heavy atom. The molecule has 1 amide bonds. The van der Waals surface area contributed by atoms with E-state index in [1.807, 2.05) is 121 Å². The maximum atomic E-state index is 14.6. The van der Waals surface area contributed by atoms with Crippen LogP contribution in [-0.2, 0) is 0 Å². The second-order valence-electron chi connectivity index (χ2n) is 12.9. The van der Waals surface area contributed by atoms with Gasteiger partial charge in [0.25, 0.3) is 5.91 Å². The Bertz CT molecular complexity index is 2670. The largest absolute Gasteiger partial charge is 0.369 e. The van der Waals surface area contributed by atoms with E-state index in [-0.39, 0.29) is 5.91 Å². The first-order valence-corrected chi connectivity index (χ1v) is 16.9. The average molecular weight is 669 g/mol. The minimum absolute atomic E-state index is 0.287. The maximum absolute atomic E-state index is 14.6. The number of rotatable bonds is 5. The first kappa shape index (κ1) is 30.8. The first-order chi connectivity index (χ1) is 25.5. The van der Waals surface area contributed by atoms with E-state index in [9.17, 15) is 20.4 Å². The molecule has 0 spiro atoms. The molecular formula is C46H28N4O2. The molecule has 1 aliphatic heterocycles. The number of aliphatic hydroxyl groups excluding tert-OH is 1. The SMILES string of the molecule is N#Cc1ccc(-c2ccc3c4ccc(-c5ccc(C#N)cc5)cc4n(-c4cccc5c4C(=O)N(c4cccc(-c6ccccc6)c4)C5O)c3c2)cc1. The zero-order chi connectivity index (χ0) is 35.3. The van der Waals surface area contributed by atoms with Gasteiger partial charge in [0.2, 0.25) is 0 Å². The molecule has 2 heterocycles. The quantitative estimate of drug-likeness (QED) is 0.198. The number of hydrogen-bond acceptors (Lipinski definition) is 4. The summed E-state index contributed by atoms with van der Waals surface area (Å²) in [4.78, 5) is 16.1. The lowest BCUT2D eigenvalue weighted by Crippen LogP contribution is -2.27. The van der Waals surface area contributed by atoms with Gasteiger partial charge in [0.05, 0.1) is 45.5 Å². The fraction of sp³-hybridized carbons (Fsp3) is 0.0217. The number of anilines is 1. The van der Waals surface area contributed by atoms with Gasteiger partial charge in [-0.15, -0.1) is 0 Å². The molecule has 1 aromatic heterocycles. The summed E-state index contributed by atoms with van der Waals surface area (Å²) >= 11 is 0. The van der Waals surface area contributed by atoms with Crippen molar-refractivity contribution in [3.63, 3.8) is 0 Å². The number of benzene rings is 7. The van der Waals surface area contributed by atoms with Crippen molar-refractivity contribution in [1.82, 2.24) is 4.57 Å². The summed E-state index contributed by atoms with van der Waals surface area (Å²) in [6.45, 7) is 0. The highest BCUT2D eigenvalue weighted by Crippen LogP contribution is 2.43. The Morgan fingerprint density at radius 1 is 0.519 bits per heavy atom. The van der Waals surface area contributed by atoms with Crippen LogP contribution in [0, 0.1) is 22.7 Å². The number of nitrogens with zero attached hydrogens (tertiary/aromatic N) is 4. The van der Waals surface area contributed by atoms with Crippen LogP contribution in [0.25, 0.3) is 60.9 Å². The Balaban J connectivity index is 1.25. The van der Waals surface area contributed by atoms with Gasteiger partial charge in [0.15, 0.2) is 6.23 Å². The second-order valence-corrected chi connectivity index (χ2v) is 12.9. The van der Waals surface area contributed by atoms with Gasteiger partial charge in [-0.05, 0) is 88.0 Å². The fourth-order valence-electron chi connectivity index (χ4n) is 7.40. The van der Waals surface area contributed by atoms with Gasteiger partial charge >= 0.3 is 0 Å². The molecule has 244 valence electrons. The highest BCUT2D eigenvalue weighted by molar-refractivity contribution is 6.16.